The van der Waals surface area contributed by atoms with Crippen LogP contribution in [-0.4, -0.2) is 18.4 Å². The van der Waals surface area contributed by atoms with Crippen LogP contribution in [0.3, 0.4) is 0 Å². The second-order valence-electron chi connectivity index (χ2n) is 5.80. The summed E-state index contributed by atoms with van der Waals surface area (Å²) in [5, 5.41) is 5.67. The Morgan fingerprint density at radius 2 is 1.71 bits per heavy atom. The number of anilines is 1. The largest absolute Gasteiger partial charge is 0.352 e. The molecule has 0 aromatic heterocycles. The molecule has 126 valence electrons. The van der Waals surface area contributed by atoms with Gasteiger partial charge in [0.25, 0.3) is 5.91 Å². The minimum Gasteiger partial charge on any atom is -0.352 e. The van der Waals surface area contributed by atoms with Crippen LogP contribution < -0.4 is 10.6 Å². The molecule has 0 atom stereocenters. The summed E-state index contributed by atoms with van der Waals surface area (Å²) in [7, 11) is 0. The number of benzene rings is 2. The summed E-state index contributed by atoms with van der Waals surface area (Å²) in [6.45, 7) is 4.47. The number of nitrogens with one attached hydrogen (secondary N) is 2. The fourth-order valence-corrected chi connectivity index (χ4v) is 2.58. The van der Waals surface area contributed by atoms with E-state index >= 15 is 0 Å². The Bertz CT molecular complexity index is 712. The first-order valence-electron chi connectivity index (χ1n) is 7.90. The Morgan fingerprint density at radius 3 is 2.38 bits per heavy atom. The van der Waals surface area contributed by atoms with E-state index in [4.69, 9.17) is 0 Å². The first kappa shape index (κ1) is 18.2. The third kappa shape index (κ3) is 5.20. The van der Waals surface area contributed by atoms with Crippen LogP contribution in [0.2, 0.25) is 0 Å². The number of halogens is 1. The van der Waals surface area contributed by atoms with Crippen LogP contribution >= 0.6 is 15.9 Å². The summed E-state index contributed by atoms with van der Waals surface area (Å²) in [5.41, 5.74) is 2.50. The molecule has 0 aliphatic heterocycles. The molecule has 0 saturated heterocycles. The topological polar surface area (TPSA) is 58.2 Å². The molecule has 0 unspecified atom stereocenters. The molecule has 2 aromatic rings. The van der Waals surface area contributed by atoms with Gasteiger partial charge in [-0.15, -0.1) is 0 Å². The average molecular weight is 389 g/mol. The van der Waals surface area contributed by atoms with E-state index < -0.39 is 0 Å². The van der Waals surface area contributed by atoms with Gasteiger partial charge in [-0.2, -0.15) is 0 Å². The molecule has 2 N–H and O–H groups in total. The molecule has 0 radical (unpaired) electrons. The van der Waals surface area contributed by atoms with Crippen molar-refractivity contribution in [3.8, 4) is 0 Å². The molecule has 2 amide bonds. The summed E-state index contributed by atoms with van der Waals surface area (Å²) in [5.74, 6) is 0.0377. The van der Waals surface area contributed by atoms with Crippen molar-refractivity contribution in [2.45, 2.75) is 26.2 Å². The van der Waals surface area contributed by atoms with E-state index in [2.05, 4.69) is 40.4 Å². The van der Waals surface area contributed by atoms with Crippen molar-refractivity contribution < 1.29 is 9.59 Å². The van der Waals surface area contributed by atoms with E-state index in [0.717, 1.165) is 15.7 Å². The van der Waals surface area contributed by atoms with Gasteiger partial charge in [0.2, 0.25) is 5.91 Å². The first-order chi connectivity index (χ1) is 11.5. The van der Waals surface area contributed by atoms with Crippen LogP contribution in [0.4, 0.5) is 5.69 Å². The Labute approximate surface area is 150 Å². The highest BCUT2D eigenvalue weighted by molar-refractivity contribution is 9.10. The molecule has 2 rings (SSSR count). The second kappa shape index (κ2) is 8.64. The molecule has 0 bridgehead atoms. The maximum Gasteiger partial charge on any atom is 0.251 e. The normalized spacial score (nSPS) is 10.5. The van der Waals surface area contributed by atoms with Crippen molar-refractivity contribution in [1.82, 2.24) is 5.32 Å². The number of amides is 2. The molecule has 0 heterocycles. The molecule has 0 fully saturated rings. The number of rotatable bonds is 6. The summed E-state index contributed by atoms with van der Waals surface area (Å²) >= 11 is 3.33. The van der Waals surface area contributed by atoms with Gasteiger partial charge in [-0.1, -0.05) is 48.0 Å². The van der Waals surface area contributed by atoms with Gasteiger partial charge in [0.1, 0.15) is 0 Å². The van der Waals surface area contributed by atoms with Gasteiger partial charge in [0.15, 0.2) is 0 Å². The quantitative estimate of drug-likeness (QED) is 0.773. The van der Waals surface area contributed by atoms with Crippen LogP contribution in [0.1, 0.15) is 42.1 Å². The number of carbonyl (C=O) groups is 2. The molecule has 24 heavy (non-hydrogen) atoms. The van der Waals surface area contributed by atoms with E-state index in [1.807, 2.05) is 36.4 Å². The van der Waals surface area contributed by atoms with Gasteiger partial charge >= 0.3 is 0 Å². The Hall–Kier alpha value is -2.14. The zero-order valence-electron chi connectivity index (χ0n) is 13.8. The number of hydrogen-bond acceptors (Lipinski definition) is 2. The lowest BCUT2D eigenvalue weighted by atomic mass is 10.0. The smallest absolute Gasteiger partial charge is 0.251 e. The lowest BCUT2D eigenvalue weighted by Crippen LogP contribution is -2.27. The van der Waals surface area contributed by atoms with Crippen LogP contribution in [0, 0.1) is 0 Å². The number of carbonyl (C=O) groups excluding carboxylic acids is 2. The van der Waals surface area contributed by atoms with E-state index in [1.165, 1.54) is 0 Å². The lowest BCUT2D eigenvalue weighted by molar-refractivity contribution is -0.116. The second-order valence-corrected chi connectivity index (χ2v) is 6.72. The van der Waals surface area contributed by atoms with E-state index in [1.54, 1.807) is 12.1 Å². The van der Waals surface area contributed by atoms with Crippen molar-refractivity contribution in [3.63, 3.8) is 0 Å². The van der Waals surface area contributed by atoms with Crippen molar-refractivity contribution in [3.05, 3.63) is 64.1 Å². The minimum absolute atomic E-state index is 0.112. The van der Waals surface area contributed by atoms with E-state index in [9.17, 15) is 9.59 Å². The highest BCUT2D eigenvalue weighted by Gasteiger charge is 2.10. The monoisotopic (exact) mass is 388 g/mol. The zero-order valence-corrected chi connectivity index (χ0v) is 15.4. The maximum atomic E-state index is 12.1. The summed E-state index contributed by atoms with van der Waals surface area (Å²) < 4.78 is 0.919. The van der Waals surface area contributed by atoms with Gasteiger partial charge in [0.05, 0.1) is 0 Å². The fourth-order valence-electron chi connectivity index (χ4n) is 2.32. The van der Waals surface area contributed by atoms with Gasteiger partial charge in [-0.3, -0.25) is 9.59 Å². The zero-order chi connectivity index (χ0) is 17.5. The number of para-hydroxylation sites is 1. The van der Waals surface area contributed by atoms with Crippen LogP contribution in [0.5, 0.6) is 0 Å². The molecule has 5 heteroatoms. The van der Waals surface area contributed by atoms with Crippen LogP contribution in [0.15, 0.2) is 53.0 Å². The van der Waals surface area contributed by atoms with E-state index in [-0.39, 0.29) is 18.2 Å². The van der Waals surface area contributed by atoms with Gasteiger partial charge in [-0.25, -0.2) is 0 Å². The van der Waals surface area contributed by atoms with Crippen molar-refractivity contribution >= 4 is 33.4 Å². The third-order valence-electron chi connectivity index (χ3n) is 3.60. The third-order valence-corrected chi connectivity index (χ3v) is 4.13. The first-order valence-corrected chi connectivity index (χ1v) is 8.69. The highest BCUT2D eigenvalue weighted by atomic mass is 79.9. The molecule has 0 saturated carbocycles. The Morgan fingerprint density at radius 1 is 1.04 bits per heavy atom. The van der Waals surface area contributed by atoms with E-state index in [0.29, 0.717) is 18.0 Å². The fraction of sp³-hybridized carbons (Fsp3) is 0.263. The van der Waals surface area contributed by atoms with Crippen LogP contribution in [0.25, 0.3) is 0 Å². The molecule has 0 aliphatic rings. The Balaban J connectivity index is 1.83. The summed E-state index contributed by atoms with van der Waals surface area (Å²) in [6, 6.07) is 14.9. The van der Waals surface area contributed by atoms with Crippen molar-refractivity contribution in [1.29, 1.82) is 0 Å². The van der Waals surface area contributed by atoms with Gasteiger partial charge < -0.3 is 10.6 Å². The molecular weight excluding hydrogens is 368 g/mol. The Kier molecular flexibility index (Phi) is 6.55. The molecule has 2 aromatic carbocycles. The predicted molar refractivity (Wildman–Crippen MR) is 100 cm³/mol. The maximum absolute atomic E-state index is 12.1. The standard InChI is InChI=1S/C19H21BrN2O2/c1-13(2)16-5-3-4-6-17(16)22-18(23)11-12-21-19(24)14-7-9-15(20)10-8-14/h3-10,13H,11-12H2,1-2H3,(H,21,24)(H,22,23). The van der Waals surface area contributed by atoms with Crippen molar-refractivity contribution in [2.75, 3.05) is 11.9 Å². The molecule has 0 aliphatic carbocycles. The molecule has 4 nitrogen and oxygen atoms in total. The van der Waals surface area contributed by atoms with Crippen molar-refractivity contribution in [2.24, 2.45) is 0 Å². The summed E-state index contributed by atoms with van der Waals surface area (Å²) in [4.78, 5) is 24.1. The lowest BCUT2D eigenvalue weighted by Gasteiger charge is -2.13. The molecule has 0 spiro atoms. The SMILES string of the molecule is CC(C)c1ccccc1NC(=O)CCNC(=O)c1ccc(Br)cc1. The average Bonchev–Trinajstić information content (AvgIpc) is 2.55. The van der Waals surface area contributed by atoms with Crippen LogP contribution in [-0.2, 0) is 4.79 Å². The molecular formula is C19H21BrN2O2. The van der Waals surface area contributed by atoms with Gasteiger partial charge in [0, 0.05) is 28.7 Å². The van der Waals surface area contributed by atoms with Gasteiger partial charge in [-0.05, 0) is 41.8 Å². The predicted octanol–water partition coefficient (Wildman–Crippen LogP) is 4.33. The summed E-state index contributed by atoms with van der Waals surface area (Å²) in [6.07, 6.45) is 0.231. The minimum atomic E-state index is -0.183. The number of hydrogen-bond donors (Lipinski definition) is 2. The highest BCUT2D eigenvalue weighted by Crippen LogP contribution is 2.23.